The molecule has 0 aliphatic carbocycles. The van der Waals surface area contributed by atoms with Crippen molar-refractivity contribution < 1.29 is 0 Å². The van der Waals surface area contributed by atoms with E-state index in [-0.39, 0.29) is 0 Å². The molecule has 0 saturated heterocycles. The SMILES string of the molecule is CCC(C)C[C@H](N)CC. The zero-order valence-electron chi connectivity index (χ0n) is 6.85. The van der Waals surface area contributed by atoms with Crippen molar-refractivity contribution in [1.82, 2.24) is 0 Å². The Balaban J connectivity index is 3.22. The maximum Gasteiger partial charge on any atom is 0.00387 e. The van der Waals surface area contributed by atoms with Gasteiger partial charge in [-0.1, -0.05) is 27.2 Å². The fourth-order valence-electron chi connectivity index (χ4n) is 0.850. The van der Waals surface area contributed by atoms with Gasteiger partial charge in [-0.05, 0) is 18.8 Å². The summed E-state index contributed by atoms with van der Waals surface area (Å²) in [6.07, 6.45) is 3.56. The molecule has 9 heavy (non-hydrogen) atoms. The molecule has 56 valence electrons. The Bertz CT molecular complexity index is 53.6. The summed E-state index contributed by atoms with van der Waals surface area (Å²) in [7, 11) is 0. The van der Waals surface area contributed by atoms with Crippen LogP contribution < -0.4 is 5.73 Å². The highest BCUT2D eigenvalue weighted by Gasteiger charge is 2.03. The number of nitrogens with two attached hydrogens (primary N) is 1. The smallest absolute Gasteiger partial charge is 0.00387 e. The van der Waals surface area contributed by atoms with Crippen LogP contribution in [0.15, 0.2) is 0 Å². The van der Waals surface area contributed by atoms with E-state index in [1.807, 2.05) is 0 Å². The van der Waals surface area contributed by atoms with E-state index in [4.69, 9.17) is 5.73 Å². The summed E-state index contributed by atoms with van der Waals surface area (Å²) in [4.78, 5) is 0. The predicted molar refractivity (Wildman–Crippen MR) is 42.3 cm³/mol. The van der Waals surface area contributed by atoms with Gasteiger partial charge in [-0.25, -0.2) is 0 Å². The van der Waals surface area contributed by atoms with Crippen LogP contribution in [0.4, 0.5) is 0 Å². The lowest BCUT2D eigenvalue weighted by Gasteiger charge is -2.12. The van der Waals surface area contributed by atoms with Gasteiger partial charge < -0.3 is 5.73 Å². The molecule has 2 atom stereocenters. The highest BCUT2D eigenvalue weighted by molar-refractivity contribution is 4.61. The monoisotopic (exact) mass is 129 g/mol. The van der Waals surface area contributed by atoms with Gasteiger partial charge in [0.15, 0.2) is 0 Å². The molecule has 0 aliphatic rings. The van der Waals surface area contributed by atoms with Gasteiger partial charge in [0.2, 0.25) is 0 Å². The molecule has 0 radical (unpaired) electrons. The van der Waals surface area contributed by atoms with Crippen LogP contribution >= 0.6 is 0 Å². The molecule has 1 heteroatoms. The van der Waals surface area contributed by atoms with Crippen molar-refractivity contribution in [1.29, 1.82) is 0 Å². The third-order valence-corrected chi connectivity index (χ3v) is 1.93. The molecule has 0 aromatic carbocycles. The lowest BCUT2D eigenvalue weighted by Crippen LogP contribution is -2.21. The zero-order chi connectivity index (χ0) is 7.28. The van der Waals surface area contributed by atoms with Gasteiger partial charge in [0.25, 0.3) is 0 Å². The van der Waals surface area contributed by atoms with Gasteiger partial charge in [0, 0.05) is 6.04 Å². The molecular formula is C8H19N. The minimum atomic E-state index is 0.431. The van der Waals surface area contributed by atoms with E-state index in [2.05, 4.69) is 20.8 Å². The summed E-state index contributed by atoms with van der Waals surface area (Å²) in [5.41, 5.74) is 5.75. The van der Waals surface area contributed by atoms with Crippen LogP contribution in [0.3, 0.4) is 0 Å². The second-order valence-electron chi connectivity index (χ2n) is 2.92. The Labute approximate surface area is 58.6 Å². The molecule has 0 rings (SSSR count). The molecule has 0 saturated carbocycles. The van der Waals surface area contributed by atoms with E-state index >= 15 is 0 Å². The van der Waals surface area contributed by atoms with Crippen molar-refractivity contribution in [3.05, 3.63) is 0 Å². The molecule has 0 aliphatic heterocycles. The Morgan fingerprint density at radius 3 is 2.11 bits per heavy atom. The molecule has 0 aromatic heterocycles. The lowest BCUT2D eigenvalue weighted by atomic mass is 9.99. The Hall–Kier alpha value is -0.0400. The van der Waals surface area contributed by atoms with Crippen LogP contribution in [-0.4, -0.2) is 6.04 Å². The summed E-state index contributed by atoms with van der Waals surface area (Å²) in [6, 6.07) is 0.431. The van der Waals surface area contributed by atoms with Crippen molar-refractivity contribution in [2.75, 3.05) is 0 Å². The quantitative estimate of drug-likeness (QED) is 0.618. The standard InChI is InChI=1S/C8H19N/c1-4-7(3)6-8(9)5-2/h7-8H,4-6,9H2,1-3H3/t7?,8-/m1/s1. The number of hydrogen-bond acceptors (Lipinski definition) is 1. The predicted octanol–water partition coefficient (Wildman–Crippen LogP) is 2.16. The summed E-state index contributed by atoms with van der Waals surface area (Å²) >= 11 is 0. The van der Waals surface area contributed by atoms with E-state index in [1.54, 1.807) is 0 Å². The minimum Gasteiger partial charge on any atom is -0.328 e. The van der Waals surface area contributed by atoms with Crippen LogP contribution in [0.2, 0.25) is 0 Å². The first-order valence-corrected chi connectivity index (χ1v) is 3.96. The van der Waals surface area contributed by atoms with Crippen molar-refractivity contribution in [3.63, 3.8) is 0 Å². The second kappa shape index (κ2) is 4.80. The Kier molecular flexibility index (Phi) is 4.78. The van der Waals surface area contributed by atoms with Gasteiger partial charge in [-0.2, -0.15) is 0 Å². The van der Waals surface area contributed by atoms with E-state index in [1.165, 1.54) is 12.8 Å². The van der Waals surface area contributed by atoms with E-state index in [9.17, 15) is 0 Å². The maximum atomic E-state index is 5.75. The molecule has 0 bridgehead atoms. The van der Waals surface area contributed by atoms with E-state index in [0.29, 0.717) is 6.04 Å². The Morgan fingerprint density at radius 1 is 1.22 bits per heavy atom. The van der Waals surface area contributed by atoms with Crippen molar-refractivity contribution >= 4 is 0 Å². The summed E-state index contributed by atoms with van der Waals surface area (Å²) < 4.78 is 0. The van der Waals surface area contributed by atoms with E-state index < -0.39 is 0 Å². The molecule has 0 amide bonds. The van der Waals surface area contributed by atoms with Gasteiger partial charge in [-0.3, -0.25) is 0 Å². The minimum absolute atomic E-state index is 0.431. The fraction of sp³-hybridized carbons (Fsp3) is 1.00. The van der Waals surface area contributed by atoms with Gasteiger partial charge >= 0.3 is 0 Å². The first kappa shape index (κ1) is 8.96. The third-order valence-electron chi connectivity index (χ3n) is 1.93. The topological polar surface area (TPSA) is 26.0 Å². The van der Waals surface area contributed by atoms with Crippen LogP contribution in [-0.2, 0) is 0 Å². The molecule has 0 heterocycles. The first-order valence-electron chi connectivity index (χ1n) is 3.96. The molecular weight excluding hydrogens is 110 g/mol. The molecule has 0 fully saturated rings. The molecule has 1 unspecified atom stereocenters. The van der Waals surface area contributed by atoms with Crippen LogP contribution in [0.25, 0.3) is 0 Å². The second-order valence-corrected chi connectivity index (χ2v) is 2.92. The third kappa shape index (κ3) is 4.46. The van der Waals surface area contributed by atoms with Gasteiger partial charge in [-0.15, -0.1) is 0 Å². The van der Waals surface area contributed by atoms with Crippen LogP contribution in [0, 0.1) is 5.92 Å². The van der Waals surface area contributed by atoms with Crippen molar-refractivity contribution in [2.45, 2.75) is 46.1 Å². The van der Waals surface area contributed by atoms with Crippen LogP contribution in [0.5, 0.6) is 0 Å². The summed E-state index contributed by atoms with van der Waals surface area (Å²) in [6.45, 7) is 6.62. The average Bonchev–Trinajstić information content (AvgIpc) is 1.87. The molecule has 2 N–H and O–H groups in total. The normalized spacial score (nSPS) is 17.3. The molecule has 1 nitrogen and oxygen atoms in total. The van der Waals surface area contributed by atoms with Crippen molar-refractivity contribution in [3.8, 4) is 0 Å². The summed E-state index contributed by atoms with van der Waals surface area (Å²) in [5, 5.41) is 0. The fourth-order valence-corrected chi connectivity index (χ4v) is 0.850. The van der Waals surface area contributed by atoms with Gasteiger partial charge in [0.1, 0.15) is 0 Å². The highest BCUT2D eigenvalue weighted by atomic mass is 14.6. The number of rotatable bonds is 4. The average molecular weight is 129 g/mol. The van der Waals surface area contributed by atoms with Crippen molar-refractivity contribution in [2.24, 2.45) is 11.7 Å². The molecule has 0 aromatic rings. The zero-order valence-corrected chi connectivity index (χ0v) is 6.85. The van der Waals surface area contributed by atoms with Gasteiger partial charge in [0.05, 0.1) is 0 Å². The highest BCUT2D eigenvalue weighted by Crippen LogP contribution is 2.09. The van der Waals surface area contributed by atoms with E-state index in [0.717, 1.165) is 12.3 Å². The first-order chi connectivity index (χ1) is 4.20. The largest absolute Gasteiger partial charge is 0.328 e. The lowest BCUT2D eigenvalue weighted by molar-refractivity contribution is 0.445. The maximum absolute atomic E-state index is 5.75. The summed E-state index contributed by atoms with van der Waals surface area (Å²) in [5.74, 6) is 0.806. The Morgan fingerprint density at radius 2 is 1.78 bits per heavy atom. The van der Waals surface area contributed by atoms with Crippen LogP contribution in [0.1, 0.15) is 40.0 Å². The number of hydrogen-bond donors (Lipinski definition) is 1. The molecule has 0 spiro atoms.